The average Bonchev–Trinajstić information content (AvgIpc) is 3.62. The van der Waals surface area contributed by atoms with Crippen molar-refractivity contribution in [3.63, 3.8) is 0 Å². The Hall–Kier alpha value is -7.82. The largest absolute Gasteiger partial charge is 0.355 e. The predicted molar refractivity (Wildman–Crippen MR) is 245 cm³/mol. The molecule has 0 unspecified atom stereocenters. The lowest BCUT2D eigenvalue weighted by molar-refractivity contribution is 1.18. The van der Waals surface area contributed by atoms with Crippen LogP contribution in [-0.2, 0) is 0 Å². The summed E-state index contributed by atoms with van der Waals surface area (Å²) in [6.07, 6.45) is 0. The lowest BCUT2D eigenvalue weighted by Gasteiger charge is -2.30. The molecule has 276 valence electrons. The molecule has 0 spiro atoms. The number of hydrogen-bond donors (Lipinski definition) is 1. The Morgan fingerprint density at radius 1 is 0.328 bits per heavy atom. The maximum Gasteiger partial charge on any atom is 0.0541 e. The maximum absolute atomic E-state index is 3.93. The van der Waals surface area contributed by atoms with Crippen LogP contribution in [0.25, 0.3) is 38.6 Å². The van der Waals surface area contributed by atoms with E-state index in [4.69, 9.17) is 0 Å². The molecule has 0 aliphatic carbocycles. The second-order valence-corrected chi connectivity index (χ2v) is 14.3. The van der Waals surface area contributed by atoms with Gasteiger partial charge in [-0.25, -0.2) is 0 Å². The number of nitrogens with zero attached hydrogens (tertiary/aromatic N) is 3. The minimum atomic E-state index is 0.968. The van der Waals surface area contributed by atoms with Crippen LogP contribution in [-0.4, -0.2) is 4.57 Å². The molecule has 0 fully saturated rings. The third-order valence-electron chi connectivity index (χ3n) is 10.7. The van der Waals surface area contributed by atoms with Crippen LogP contribution in [0.5, 0.6) is 0 Å². The van der Waals surface area contributed by atoms with Gasteiger partial charge in [-0.15, -0.1) is 0 Å². The van der Waals surface area contributed by atoms with Crippen molar-refractivity contribution in [3.8, 4) is 16.8 Å². The Morgan fingerprint density at radius 3 is 1.33 bits per heavy atom. The van der Waals surface area contributed by atoms with Crippen LogP contribution in [0, 0.1) is 0 Å². The molecule has 4 heteroatoms. The quantitative estimate of drug-likeness (QED) is 0.151. The normalized spacial score (nSPS) is 11.1. The van der Waals surface area contributed by atoms with Gasteiger partial charge in [0.1, 0.15) is 0 Å². The molecule has 10 aromatic rings. The Kier molecular flexibility index (Phi) is 9.18. The lowest BCUT2D eigenvalue weighted by Crippen LogP contribution is -2.13. The monoisotopic (exact) mass is 744 g/mol. The zero-order valence-corrected chi connectivity index (χ0v) is 31.9. The summed E-state index contributed by atoms with van der Waals surface area (Å²) in [5, 5.41) is 6.38. The molecule has 0 saturated carbocycles. The van der Waals surface area contributed by atoms with Crippen molar-refractivity contribution in [2.45, 2.75) is 0 Å². The summed E-state index contributed by atoms with van der Waals surface area (Å²) in [5.41, 5.74) is 14.1. The molecule has 0 saturated heterocycles. The molecule has 10 rings (SSSR count). The topological polar surface area (TPSA) is 23.4 Å². The summed E-state index contributed by atoms with van der Waals surface area (Å²) in [6.45, 7) is 0. The molecule has 0 aliphatic rings. The van der Waals surface area contributed by atoms with Gasteiger partial charge in [0.15, 0.2) is 0 Å². The van der Waals surface area contributed by atoms with Gasteiger partial charge < -0.3 is 19.7 Å². The molecule has 1 heterocycles. The second kappa shape index (κ2) is 15.4. The number of rotatable bonds is 10. The third-order valence-corrected chi connectivity index (χ3v) is 10.7. The van der Waals surface area contributed by atoms with Crippen LogP contribution in [0.1, 0.15) is 0 Å². The van der Waals surface area contributed by atoms with Crippen LogP contribution in [0.3, 0.4) is 0 Å². The summed E-state index contributed by atoms with van der Waals surface area (Å²) in [7, 11) is 0. The van der Waals surface area contributed by atoms with Crippen molar-refractivity contribution in [2.24, 2.45) is 0 Å². The fraction of sp³-hybridized carbons (Fsp3) is 0. The van der Waals surface area contributed by atoms with Gasteiger partial charge in [-0.1, -0.05) is 133 Å². The molecule has 0 aliphatic heterocycles. The highest BCUT2D eigenvalue weighted by molar-refractivity contribution is 6.10. The second-order valence-electron chi connectivity index (χ2n) is 14.3. The van der Waals surface area contributed by atoms with Crippen molar-refractivity contribution >= 4 is 67.3 Å². The molecule has 9 aromatic carbocycles. The molecule has 0 radical (unpaired) electrons. The first kappa shape index (κ1) is 34.7. The van der Waals surface area contributed by atoms with Gasteiger partial charge in [-0.3, -0.25) is 0 Å². The van der Waals surface area contributed by atoms with E-state index in [2.05, 4.69) is 256 Å². The highest BCUT2D eigenvalue weighted by Crippen LogP contribution is 2.44. The number of para-hydroxylation sites is 7. The summed E-state index contributed by atoms with van der Waals surface area (Å²) in [5.74, 6) is 0. The van der Waals surface area contributed by atoms with E-state index in [1.165, 1.54) is 21.8 Å². The molecular formula is C54H40N4. The lowest BCUT2D eigenvalue weighted by atomic mass is 10.0. The molecule has 0 atom stereocenters. The van der Waals surface area contributed by atoms with Crippen molar-refractivity contribution in [1.29, 1.82) is 0 Å². The van der Waals surface area contributed by atoms with E-state index in [0.29, 0.717) is 0 Å². The van der Waals surface area contributed by atoms with Crippen LogP contribution in [0.2, 0.25) is 0 Å². The fourth-order valence-corrected chi connectivity index (χ4v) is 8.12. The van der Waals surface area contributed by atoms with Crippen LogP contribution in [0.4, 0.5) is 45.5 Å². The number of anilines is 8. The Bertz CT molecular complexity index is 2780. The van der Waals surface area contributed by atoms with Gasteiger partial charge >= 0.3 is 0 Å². The summed E-state index contributed by atoms with van der Waals surface area (Å²) in [6, 6.07) is 84.0. The van der Waals surface area contributed by atoms with Crippen molar-refractivity contribution in [1.82, 2.24) is 4.57 Å². The molecule has 0 bridgehead atoms. The van der Waals surface area contributed by atoms with Gasteiger partial charge in [0.25, 0.3) is 0 Å². The van der Waals surface area contributed by atoms with Crippen LogP contribution >= 0.6 is 0 Å². The van der Waals surface area contributed by atoms with Gasteiger partial charge in [-0.2, -0.15) is 0 Å². The first-order valence-electron chi connectivity index (χ1n) is 19.7. The molecular weight excluding hydrogens is 705 g/mol. The van der Waals surface area contributed by atoms with E-state index in [1.54, 1.807) is 0 Å². The van der Waals surface area contributed by atoms with Gasteiger partial charge in [0, 0.05) is 56.1 Å². The summed E-state index contributed by atoms with van der Waals surface area (Å²) < 4.78 is 2.36. The number of fused-ring (bicyclic) bond motifs is 3. The zero-order valence-electron chi connectivity index (χ0n) is 31.9. The van der Waals surface area contributed by atoms with E-state index in [1.807, 2.05) is 0 Å². The first-order valence-corrected chi connectivity index (χ1v) is 19.7. The minimum absolute atomic E-state index is 0.968. The molecule has 4 nitrogen and oxygen atoms in total. The van der Waals surface area contributed by atoms with Crippen molar-refractivity contribution in [2.75, 3.05) is 15.1 Å². The summed E-state index contributed by atoms with van der Waals surface area (Å²) in [4.78, 5) is 4.65. The standard InChI is InChI=1S/C54H40N4/c1-6-20-42(21-7-1)56(43-22-8-2-9-23-43)47-37-41(38-48(39-47)57(44-24-10-3-11-25-44)45-26-12-4-13-27-45)55-52-32-18-16-30-49(52)40-34-35-54-51(36-40)50-31-17-19-33-53(50)58(54)46-28-14-5-15-29-46/h1-39,55H. The van der Waals surface area contributed by atoms with Gasteiger partial charge in [0.05, 0.1) is 22.4 Å². The smallest absolute Gasteiger partial charge is 0.0541 e. The van der Waals surface area contributed by atoms with Crippen molar-refractivity contribution in [3.05, 3.63) is 237 Å². The molecule has 1 N–H and O–H groups in total. The highest BCUT2D eigenvalue weighted by Gasteiger charge is 2.20. The molecule has 0 amide bonds. The first-order chi connectivity index (χ1) is 28.8. The maximum atomic E-state index is 3.93. The summed E-state index contributed by atoms with van der Waals surface area (Å²) >= 11 is 0. The van der Waals surface area contributed by atoms with Crippen LogP contribution < -0.4 is 15.1 Å². The number of nitrogens with one attached hydrogen (secondary N) is 1. The van der Waals surface area contributed by atoms with Crippen molar-refractivity contribution < 1.29 is 0 Å². The third kappa shape index (κ3) is 6.63. The predicted octanol–water partition coefficient (Wildman–Crippen LogP) is 15.1. The van der Waals surface area contributed by atoms with Crippen LogP contribution in [0.15, 0.2) is 237 Å². The molecule has 1 aromatic heterocycles. The number of hydrogen-bond acceptors (Lipinski definition) is 3. The van der Waals surface area contributed by atoms with E-state index >= 15 is 0 Å². The Labute approximate surface area is 339 Å². The van der Waals surface area contributed by atoms with E-state index in [0.717, 1.165) is 62.3 Å². The van der Waals surface area contributed by atoms with Gasteiger partial charge in [0.2, 0.25) is 0 Å². The minimum Gasteiger partial charge on any atom is -0.355 e. The Morgan fingerprint density at radius 2 is 0.776 bits per heavy atom. The molecule has 58 heavy (non-hydrogen) atoms. The Balaban J connectivity index is 1.14. The van der Waals surface area contributed by atoms with E-state index in [9.17, 15) is 0 Å². The average molecular weight is 745 g/mol. The zero-order chi connectivity index (χ0) is 38.7. The van der Waals surface area contributed by atoms with E-state index in [-0.39, 0.29) is 0 Å². The number of benzene rings is 9. The van der Waals surface area contributed by atoms with Gasteiger partial charge in [-0.05, 0) is 109 Å². The number of aromatic nitrogens is 1. The van der Waals surface area contributed by atoms with E-state index < -0.39 is 0 Å². The highest BCUT2D eigenvalue weighted by atomic mass is 15.2. The SMILES string of the molecule is c1ccc(N(c2ccccc2)c2cc(Nc3ccccc3-c3ccc4c(c3)c3ccccc3n4-c3ccccc3)cc(N(c3ccccc3)c3ccccc3)c2)cc1. The fourth-order valence-electron chi connectivity index (χ4n) is 8.12.